The van der Waals surface area contributed by atoms with Crippen LogP contribution >= 0.6 is 24.0 Å². The largest absolute Gasteiger partial charge is 0.312 e. The van der Waals surface area contributed by atoms with Gasteiger partial charge in [0, 0.05) is 48.5 Å². The van der Waals surface area contributed by atoms with Crippen LogP contribution in [0.2, 0.25) is 5.02 Å². The molecule has 0 radical (unpaired) electrons. The SMILES string of the molecule is Cc1nn(Cc2ccccc2Cl)c(C)c1CN1CCN[C@@H](C)C1.Cl. The van der Waals surface area contributed by atoms with Gasteiger partial charge in [-0.1, -0.05) is 29.8 Å². The van der Waals surface area contributed by atoms with Gasteiger partial charge in [0.15, 0.2) is 0 Å². The second-order valence-electron chi connectivity index (χ2n) is 6.49. The Bertz CT molecular complexity index is 684. The third kappa shape index (κ3) is 4.31. The standard InChI is InChI=1S/C18H25ClN4.ClH/c1-13-10-22(9-8-20-13)12-17-14(2)21-23(15(17)3)11-16-6-4-5-7-18(16)19;/h4-7,13,20H,8-12H2,1-3H3;1H/t13-;/m0./s1. The van der Waals surface area contributed by atoms with Gasteiger partial charge in [-0.3, -0.25) is 9.58 Å². The van der Waals surface area contributed by atoms with Crippen LogP contribution in [0.15, 0.2) is 24.3 Å². The monoisotopic (exact) mass is 368 g/mol. The van der Waals surface area contributed by atoms with E-state index in [0.717, 1.165) is 49.0 Å². The van der Waals surface area contributed by atoms with Gasteiger partial charge in [0.1, 0.15) is 0 Å². The van der Waals surface area contributed by atoms with Crippen molar-refractivity contribution in [2.24, 2.45) is 0 Å². The fourth-order valence-electron chi connectivity index (χ4n) is 3.28. The van der Waals surface area contributed by atoms with E-state index in [1.54, 1.807) is 0 Å². The minimum absolute atomic E-state index is 0. The first kappa shape index (κ1) is 19.3. The number of nitrogens with zero attached hydrogens (tertiary/aromatic N) is 3. The molecule has 24 heavy (non-hydrogen) atoms. The quantitative estimate of drug-likeness (QED) is 0.897. The Morgan fingerprint density at radius 3 is 2.71 bits per heavy atom. The van der Waals surface area contributed by atoms with Gasteiger partial charge in [0.25, 0.3) is 0 Å². The van der Waals surface area contributed by atoms with Crippen molar-refractivity contribution >= 4 is 24.0 Å². The van der Waals surface area contributed by atoms with Crippen molar-refractivity contribution in [1.82, 2.24) is 20.0 Å². The lowest BCUT2D eigenvalue weighted by atomic mass is 10.1. The molecule has 132 valence electrons. The van der Waals surface area contributed by atoms with Crippen molar-refractivity contribution in [2.45, 2.75) is 39.9 Å². The topological polar surface area (TPSA) is 33.1 Å². The summed E-state index contributed by atoms with van der Waals surface area (Å²) in [5.74, 6) is 0. The maximum atomic E-state index is 6.29. The molecule has 2 aromatic rings. The Kier molecular flexibility index (Phi) is 6.70. The molecule has 4 nitrogen and oxygen atoms in total. The Morgan fingerprint density at radius 1 is 1.25 bits per heavy atom. The molecule has 1 N–H and O–H groups in total. The van der Waals surface area contributed by atoms with Crippen LogP contribution < -0.4 is 5.32 Å². The summed E-state index contributed by atoms with van der Waals surface area (Å²) in [5.41, 5.74) is 4.84. The second-order valence-corrected chi connectivity index (χ2v) is 6.90. The fraction of sp³-hybridized carbons (Fsp3) is 0.500. The molecule has 1 fully saturated rings. The van der Waals surface area contributed by atoms with Gasteiger partial charge in [-0.05, 0) is 32.4 Å². The van der Waals surface area contributed by atoms with Crippen LogP contribution in [0.4, 0.5) is 0 Å². The van der Waals surface area contributed by atoms with E-state index in [-0.39, 0.29) is 12.4 Å². The molecular weight excluding hydrogens is 343 g/mol. The zero-order valence-corrected chi connectivity index (χ0v) is 16.1. The van der Waals surface area contributed by atoms with Gasteiger partial charge >= 0.3 is 0 Å². The molecule has 3 rings (SSSR count). The van der Waals surface area contributed by atoms with E-state index in [1.807, 2.05) is 18.2 Å². The lowest BCUT2D eigenvalue weighted by molar-refractivity contribution is 0.199. The number of aryl methyl sites for hydroxylation is 1. The average molecular weight is 369 g/mol. The van der Waals surface area contributed by atoms with Crippen molar-refractivity contribution in [2.75, 3.05) is 19.6 Å². The molecule has 0 amide bonds. The van der Waals surface area contributed by atoms with Crippen LogP contribution in [0.5, 0.6) is 0 Å². The van der Waals surface area contributed by atoms with Gasteiger partial charge in [0.2, 0.25) is 0 Å². The highest BCUT2D eigenvalue weighted by Crippen LogP contribution is 2.20. The normalized spacial score (nSPS) is 18.4. The molecule has 0 bridgehead atoms. The summed E-state index contributed by atoms with van der Waals surface area (Å²) < 4.78 is 2.08. The van der Waals surface area contributed by atoms with Crippen LogP contribution in [-0.2, 0) is 13.1 Å². The summed E-state index contributed by atoms with van der Waals surface area (Å²) in [6.07, 6.45) is 0. The van der Waals surface area contributed by atoms with Crippen LogP contribution in [0.1, 0.15) is 29.4 Å². The Labute approximate surface area is 155 Å². The second kappa shape index (κ2) is 8.34. The van der Waals surface area contributed by atoms with E-state index in [0.29, 0.717) is 6.04 Å². The van der Waals surface area contributed by atoms with Crippen molar-refractivity contribution in [3.63, 3.8) is 0 Å². The van der Waals surface area contributed by atoms with Crippen LogP contribution in [-0.4, -0.2) is 40.4 Å². The van der Waals surface area contributed by atoms with E-state index in [1.165, 1.54) is 11.3 Å². The zero-order chi connectivity index (χ0) is 16.4. The molecule has 1 atom stereocenters. The number of aromatic nitrogens is 2. The van der Waals surface area contributed by atoms with Crippen LogP contribution in [0.3, 0.4) is 0 Å². The van der Waals surface area contributed by atoms with E-state index in [9.17, 15) is 0 Å². The predicted octanol–water partition coefficient (Wildman–Crippen LogP) is 3.42. The highest BCUT2D eigenvalue weighted by atomic mass is 35.5. The summed E-state index contributed by atoms with van der Waals surface area (Å²) in [5, 5.41) is 9.04. The summed E-state index contributed by atoms with van der Waals surface area (Å²) in [4.78, 5) is 2.51. The number of hydrogen-bond acceptors (Lipinski definition) is 3. The summed E-state index contributed by atoms with van der Waals surface area (Å²) >= 11 is 6.29. The number of piperazine rings is 1. The van der Waals surface area contributed by atoms with Crippen molar-refractivity contribution in [3.05, 3.63) is 51.8 Å². The Hall–Kier alpha value is -1.07. The molecule has 0 aliphatic carbocycles. The third-order valence-electron chi connectivity index (χ3n) is 4.64. The molecule has 1 aliphatic rings. The van der Waals surface area contributed by atoms with E-state index >= 15 is 0 Å². The maximum absolute atomic E-state index is 6.29. The molecule has 1 aromatic heterocycles. The molecule has 0 unspecified atom stereocenters. The third-order valence-corrected chi connectivity index (χ3v) is 5.01. The number of nitrogens with one attached hydrogen (secondary N) is 1. The lowest BCUT2D eigenvalue weighted by Gasteiger charge is -2.31. The minimum atomic E-state index is 0. The molecular formula is C18H26Cl2N4. The van der Waals surface area contributed by atoms with Gasteiger partial charge in [0.05, 0.1) is 12.2 Å². The first-order valence-electron chi connectivity index (χ1n) is 8.26. The van der Waals surface area contributed by atoms with Gasteiger partial charge < -0.3 is 5.32 Å². The number of benzene rings is 1. The first-order valence-corrected chi connectivity index (χ1v) is 8.64. The number of hydrogen-bond donors (Lipinski definition) is 1. The Balaban J connectivity index is 0.00000208. The highest BCUT2D eigenvalue weighted by molar-refractivity contribution is 6.31. The highest BCUT2D eigenvalue weighted by Gasteiger charge is 2.19. The van der Waals surface area contributed by atoms with Gasteiger partial charge in [-0.2, -0.15) is 5.10 Å². The van der Waals surface area contributed by atoms with E-state index < -0.39 is 0 Å². The molecule has 1 saturated heterocycles. The maximum Gasteiger partial charge on any atom is 0.0677 e. The number of halogens is 2. The van der Waals surface area contributed by atoms with Gasteiger partial charge in [-0.25, -0.2) is 0 Å². The van der Waals surface area contributed by atoms with E-state index in [2.05, 4.69) is 41.7 Å². The van der Waals surface area contributed by atoms with Crippen LogP contribution in [0.25, 0.3) is 0 Å². The predicted molar refractivity (Wildman–Crippen MR) is 102 cm³/mol. The van der Waals surface area contributed by atoms with Crippen molar-refractivity contribution in [1.29, 1.82) is 0 Å². The lowest BCUT2D eigenvalue weighted by Crippen LogP contribution is -2.48. The molecule has 1 aromatic carbocycles. The van der Waals surface area contributed by atoms with E-state index in [4.69, 9.17) is 16.7 Å². The van der Waals surface area contributed by atoms with Crippen molar-refractivity contribution < 1.29 is 0 Å². The number of rotatable bonds is 4. The van der Waals surface area contributed by atoms with Crippen molar-refractivity contribution in [3.8, 4) is 0 Å². The average Bonchev–Trinajstić information content (AvgIpc) is 2.77. The summed E-state index contributed by atoms with van der Waals surface area (Å²) in [6.45, 7) is 11.5. The molecule has 6 heteroatoms. The molecule has 2 heterocycles. The smallest absolute Gasteiger partial charge is 0.0677 e. The fourth-order valence-corrected chi connectivity index (χ4v) is 3.48. The molecule has 0 saturated carbocycles. The summed E-state index contributed by atoms with van der Waals surface area (Å²) in [6, 6.07) is 8.55. The first-order chi connectivity index (χ1) is 11.0. The molecule has 1 aliphatic heterocycles. The van der Waals surface area contributed by atoms with Crippen LogP contribution in [0, 0.1) is 13.8 Å². The van der Waals surface area contributed by atoms with Gasteiger partial charge in [-0.15, -0.1) is 12.4 Å². The zero-order valence-electron chi connectivity index (χ0n) is 14.6. The minimum Gasteiger partial charge on any atom is -0.312 e. The molecule has 0 spiro atoms. The Morgan fingerprint density at radius 2 is 2.00 bits per heavy atom. The summed E-state index contributed by atoms with van der Waals surface area (Å²) in [7, 11) is 0.